The van der Waals surface area contributed by atoms with Gasteiger partial charge >= 0.3 is 0 Å². The van der Waals surface area contributed by atoms with Crippen LogP contribution in [-0.4, -0.2) is 13.1 Å². The third-order valence-electron chi connectivity index (χ3n) is 2.70. The lowest BCUT2D eigenvalue weighted by atomic mass is 9.98. The summed E-state index contributed by atoms with van der Waals surface area (Å²) in [5.74, 6) is 0.726. The van der Waals surface area contributed by atoms with Crippen molar-refractivity contribution in [2.75, 3.05) is 13.1 Å². The fraction of sp³-hybridized carbons (Fsp3) is 0.385. The van der Waals surface area contributed by atoms with Gasteiger partial charge in [-0.3, -0.25) is 0 Å². The Hall–Kier alpha value is -1.08. The van der Waals surface area contributed by atoms with Crippen molar-refractivity contribution in [1.29, 1.82) is 0 Å². The maximum absolute atomic E-state index is 3.42. The van der Waals surface area contributed by atoms with Crippen molar-refractivity contribution < 1.29 is 0 Å². The smallest absolute Gasteiger partial charge is 0.00143 e. The third-order valence-corrected chi connectivity index (χ3v) is 2.70. The Balaban J connectivity index is 1.93. The molecule has 1 aliphatic rings. The molecule has 0 aromatic heterocycles. The Morgan fingerprint density at radius 3 is 2.79 bits per heavy atom. The van der Waals surface area contributed by atoms with Gasteiger partial charge < -0.3 is 5.32 Å². The van der Waals surface area contributed by atoms with Crippen LogP contribution in [0.25, 0.3) is 6.08 Å². The molecule has 1 N–H and O–H groups in total. The average Bonchev–Trinajstić information content (AvgIpc) is 2.29. The number of benzene rings is 1. The molecule has 2 rings (SSSR count). The van der Waals surface area contributed by atoms with Gasteiger partial charge in [0.25, 0.3) is 0 Å². The largest absolute Gasteiger partial charge is 0.316 e. The molecule has 0 radical (unpaired) electrons. The van der Waals surface area contributed by atoms with Gasteiger partial charge in [-0.05, 0) is 30.9 Å². The van der Waals surface area contributed by atoms with Gasteiger partial charge in [-0.15, -0.1) is 0 Å². The van der Waals surface area contributed by atoms with E-state index in [1.165, 1.54) is 24.9 Å². The molecule has 1 unspecified atom stereocenters. The standard InChI is InChI=1S/C13H17N/c1-2-5-12(6-3-1)8-9-13-7-4-10-14-11-13/h1-3,5-6,8-9,13-14H,4,7,10-11H2/b9-8+. The summed E-state index contributed by atoms with van der Waals surface area (Å²) in [6.07, 6.45) is 7.21. The van der Waals surface area contributed by atoms with Crippen molar-refractivity contribution in [3.63, 3.8) is 0 Å². The number of nitrogens with one attached hydrogen (secondary N) is 1. The lowest BCUT2D eigenvalue weighted by Gasteiger charge is -2.19. The summed E-state index contributed by atoms with van der Waals surface area (Å²) in [5, 5.41) is 3.42. The van der Waals surface area contributed by atoms with E-state index in [0.717, 1.165) is 12.5 Å². The highest BCUT2D eigenvalue weighted by atomic mass is 14.9. The molecule has 1 atom stereocenters. The Bertz CT molecular complexity index is 283. The first kappa shape index (κ1) is 9.47. The van der Waals surface area contributed by atoms with Crippen LogP contribution in [0.3, 0.4) is 0 Å². The van der Waals surface area contributed by atoms with Crippen molar-refractivity contribution in [3.05, 3.63) is 42.0 Å². The van der Waals surface area contributed by atoms with Gasteiger partial charge in [0.1, 0.15) is 0 Å². The Morgan fingerprint density at radius 1 is 1.21 bits per heavy atom. The topological polar surface area (TPSA) is 12.0 Å². The van der Waals surface area contributed by atoms with Crippen LogP contribution in [0.15, 0.2) is 36.4 Å². The summed E-state index contributed by atoms with van der Waals surface area (Å²) < 4.78 is 0. The van der Waals surface area contributed by atoms with E-state index in [-0.39, 0.29) is 0 Å². The van der Waals surface area contributed by atoms with E-state index in [4.69, 9.17) is 0 Å². The van der Waals surface area contributed by atoms with Crippen molar-refractivity contribution in [3.8, 4) is 0 Å². The number of rotatable bonds is 2. The van der Waals surface area contributed by atoms with Gasteiger partial charge in [0.2, 0.25) is 0 Å². The van der Waals surface area contributed by atoms with Gasteiger partial charge in [0, 0.05) is 6.54 Å². The Morgan fingerprint density at radius 2 is 2.07 bits per heavy atom. The molecule has 0 amide bonds. The molecular formula is C13H17N. The minimum atomic E-state index is 0.726. The highest BCUT2D eigenvalue weighted by molar-refractivity contribution is 5.48. The SMILES string of the molecule is C(=C\C1CCCNC1)/c1ccccc1. The molecule has 1 fully saturated rings. The summed E-state index contributed by atoms with van der Waals surface area (Å²) >= 11 is 0. The zero-order chi connectivity index (χ0) is 9.64. The quantitative estimate of drug-likeness (QED) is 0.750. The normalized spacial score (nSPS) is 22.7. The third kappa shape index (κ3) is 2.71. The van der Waals surface area contributed by atoms with Crippen LogP contribution in [0, 0.1) is 5.92 Å². The molecule has 1 aliphatic heterocycles. The zero-order valence-electron chi connectivity index (χ0n) is 8.45. The predicted molar refractivity (Wildman–Crippen MR) is 61.1 cm³/mol. The fourth-order valence-electron chi connectivity index (χ4n) is 1.85. The summed E-state index contributed by atoms with van der Waals surface area (Å²) in [5.41, 5.74) is 1.30. The maximum atomic E-state index is 3.42. The second kappa shape index (κ2) is 4.97. The molecular weight excluding hydrogens is 170 g/mol. The molecule has 1 aromatic carbocycles. The molecule has 0 saturated carbocycles. The average molecular weight is 187 g/mol. The molecule has 0 spiro atoms. The summed E-state index contributed by atoms with van der Waals surface area (Å²) in [4.78, 5) is 0. The second-order valence-electron chi connectivity index (χ2n) is 3.88. The molecule has 1 saturated heterocycles. The zero-order valence-corrected chi connectivity index (χ0v) is 8.45. The molecule has 14 heavy (non-hydrogen) atoms. The van der Waals surface area contributed by atoms with Crippen LogP contribution in [0.5, 0.6) is 0 Å². The fourth-order valence-corrected chi connectivity index (χ4v) is 1.85. The van der Waals surface area contributed by atoms with E-state index < -0.39 is 0 Å². The lowest BCUT2D eigenvalue weighted by Crippen LogP contribution is -2.28. The van der Waals surface area contributed by atoms with Crippen LogP contribution in [0.2, 0.25) is 0 Å². The molecule has 1 heterocycles. The van der Waals surface area contributed by atoms with Gasteiger partial charge in [-0.2, -0.15) is 0 Å². The summed E-state index contributed by atoms with van der Waals surface area (Å²) in [6, 6.07) is 10.5. The van der Waals surface area contributed by atoms with Crippen molar-refractivity contribution in [1.82, 2.24) is 5.32 Å². The lowest BCUT2D eigenvalue weighted by molar-refractivity contribution is 0.439. The van der Waals surface area contributed by atoms with E-state index in [9.17, 15) is 0 Å². The van der Waals surface area contributed by atoms with E-state index >= 15 is 0 Å². The van der Waals surface area contributed by atoms with E-state index in [1.54, 1.807) is 0 Å². The number of piperidine rings is 1. The monoisotopic (exact) mass is 187 g/mol. The first-order valence-corrected chi connectivity index (χ1v) is 5.39. The van der Waals surface area contributed by atoms with Crippen LogP contribution in [0.1, 0.15) is 18.4 Å². The van der Waals surface area contributed by atoms with Gasteiger partial charge in [0.15, 0.2) is 0 Å². The molecule has 74 valence electrons. The summed E-state index contributed by atoms with van der Waals surface area (Å²) in [6.45, 7) is 2.33. The maximum Gasteiger partial charge on any atom is 0.00143 e. The molecule has 0 aliphatic carbocycles. The van der Waals surface area contributed by atoms with E-state index in [1.807, 2.05) is 0 Å². The Labute approximate surface area is 85.8 Å². The number of hydrogen-bond acceptors (Lipinski definition) is 1. The van der Waals surface area contributed by atoms with Gasteiger partial charge in [0.05, 0.1) is 0 Å². The predicted octanol–water partition coefficient (Wildman–Crippen LogP) is 2.70. The van der Waals surface area contributed by atoms with E-state index in [2.05, 4.69) is 47.8 Å². The van der Waals surface area contributed by atoms with Gasteiger partial charge in [-0.1, -0.05) is 42.5 Å². The van der Waals surface area contributed by atoms with Crippen molar-refractivity contribution in [2.24, 2.45) is 5.92 Å². The molecule has 1 nitrogen and oxygen atoms in total. The van der Waals surface area contributed by atoms with Crippen LogP contribution in [0.4, 0.5) is 0 Å². The number of hydrogen-bond donors (Lipinski definition) is 1. The molecule has 1 aromatic rings. The highest BCUT2D eigenvalue weighted by Gasteiger charge is 2.08. The summed E-state index contributed by atoms with van der Waals surface area (Å²) in [7, 11) is 0. The first-order chi connectivity index (χ1) is 6.95. The van der Waals surface area contributed by atoms with Crippen LogP contribution < -0.4 is 5.32 Å². The minimum absolute atomic E-state index is 0.726. The van der Waals surface area contributed by atoms with Crippen molar-refractivity contribution >= 4 is 6.08 Å². The van der Waals surface area contributed by atoms with Crippen LogP contribution >= 0.6 is 0 Å². The first-order valence-electron chi connectivity index (χ1n) is 5.39. The molecule has 1 heteroatoms. The van der Waals surface area contributed by atoms with Gasteiger partial charge in [-0.25, -0.2) is 0 Å². The minimum Gasteiger partial charge on any atom is -0.316 e. The van der Waals surface area contributed by atoms with Crippen LogP contribution in [-0.2, 0) is 0 Å². The van der Waals surface area contributed by atoms with Crippen molar-refractivity contribution in [2.45, 2.75) is 12.8 Å². The Kier molecular flexibility index (Phi) is 3.36. The highest BCUT2D eigenvalue weighted by Crippen LogP contribution is 2.13. The second-order valence-corrected chi connectivity index (χ2v) is 3.88. The molecule has 0 bridgehead atoms. The van der Waals surface area contributed by atoms with E-state index in [0.29, 0.717) is 0 Å².